The Morgan fingerprint density at radius 1 is 1.09 bits per heavy atom. The van der Waals surface area contributed by atoms with Crippen molar-refractivity contribution >= 4 is 29.2 Å². The van der Waals surface area contributed by atoms with E-state index >= 15 is 0 Å². The zero-order valence-electron chi connectivity index (χ0n) is 13.3. The summed E-state index contributed by atoms with van der Waals surface area (Å²) < 4.78 is 5.54. The molecule has 0 heterocycles. The summed E-state index contributed by atoms with van der Waals surface area (Å²) in [6, 6.07) is 15.7. The van der Waals surface area contributed by atoms with E-state index in [9.17, 15) is 4.79 Å². The normalized spacial score (nSPS) is 13.4. The summed E-state index contributed by atoms with van der Waals surface area (Å²) in [5.74, 6) is -0.128. The second kappa shape index (κ2) is 8.37. The molecule has 0 saturated carbocycles. The Hall–Kier alpha value is -1.51. The first-order chi connectivity index (χ1) is 11.0. The summed E-state index contributed by atoms with van der Waals surface area (Å²) in [6.07, 6.45) is 0.872. The van der Waals surface area contributed by atoms with Gasteiger partial charge in [0, 0.05) is 12.3 Å². The van der Waals surface area contributed by atoms with Crippen LogP contribution in [0.2, 0.25) is 10.0 Å². The van der Waals surface area contributed by atoms with Gasteiger partial charge in [-0.1, -0.05) is 66.5 Å². The number of carbonyl (C=O) groups is 1. The fourth-order valence-corrected chi connectivity index (χ4v) is 2.87. The monoisotopic (exact) mass is 350 g/mol. The first-order valence-electron chi connectivity index (χ1n) is 7.69. The van der Waals surface area contributed by atoms with Crippen LogP contribution in [0.1, 0.15) is 37.3 Å². The van der Waals surface area contributed by atoms with Crippen LogP contribution in [-0.2, 0) is 16.0 Å². The van der Waals surface area contributed by atoms with Crippen molar-refractivity contribution in [2.45, 2.75) is 38.7 Å². The maximum Gasteiger partial charge on any atom is 0.305 e. The Kier molecular flexibility index (Phi) is 6.49. The molecule has 2 aromatic rings. The molecule has 2 rings (SSSR count). The SMILES string of the molecule is CCC(=O)OC(C)C(Cc1ccc(Cl)c(Cl)c1)c1ccccc1. The van der Waals surface area contributed by atoms with E-state index in [4.69, 9.17) is 27.9 Å². The molecule has 0 aromatic heterocycles. The van der Waals surface area contributed by atoms with E-state index in [1.54, 1.807) is 13.0 Å². The van der Waals surface area contributed by atoms with Gasteiger partial charge in [0.2, 0.25) is 0 Å². The van der Waals surface area contributed by atoms with Crippen LogP contribution in [0.3, 0.4) is 0 Å². The molecule has 0 spiro atoms. The topological polar surface area (TPSA) is 26.3 Å². The van der Waals surface area contributed by atoms with E-state index in [2.05, 4.69) is 12.1 Å². The van der Waals surface area contributed by atoms with E-state index in [1.165, 1.54) is 0 Å². The summed E-state index contributed by atoms with van der Waals surface area (Å²) in [4.78, 5) is 11.6. The minimum atomic E-state index is -0.223. The van der Waals surface area contributed by atoms with Gasteiger partial charge in [-0.3, -0.25) is 4.79 Å². The lowest BCUT2D eigenvalue weighted by Crippen LogP contribution is -2.24. The van der Waals surface area contributed by atoms with Gasteiger partial charge < -0.3 is 4.74 Å². The van der Waals surface area contributed by atoms with Crippen molar-refractivity contribution < 1.29 is 9.53 Å². The van der Waals surface area contributed by atoms with E-state index in [0.717, 1.165) is 17.5 Å². The average molecular weight is 351 g/mol. The molecule has 4 heteroatoms. The van der Waals surface area contributed by atoms with E-state index in [-0.39, 0.29) is 18.0 Å². The molecule has 122 valence electrons. The van der Waals surface area contributed by atoms with Gasteiger partial charge in [0.05, 0.1) is 10.0 Å². The van der Waals surface area contributed by atoms with Crippen LogP contribution in [0.15, 0.2) is 48.5 Å². The first-order valence-corrected chi connectivity index (χ1v) is 8.45. The molecule has 0 fully saturated rings. The highest BCUT2D eigenvalue weighted by Gasteiger charge is 2.23. The Balaban J connectivity index is 2.26. The number of halogens is 2. The number of hydrogen-bond donors (Lipinski definition) is 0. The molecular formula is C19H20Cl2O2. The fraction of sp³-hybridized carbons (Fsp3) is 0.316. The Morgan fingerprint density at radius 3 is 2.39 bits per heavy atom. The molecule has 0 bridgehead atoms. The second-order valence-electron chi connectivity index (χ2n) is 5.52. The molecule has 0 amide bonds. The van der Waals surface area contributed by atoms with Crippen LogP contribution in [0, 0.1) is 0 Å². The third-order valence-electron chi connectivity index (χ3n) is 3.84. The van der Waals surface area contributed by atoms with Gasteiger partial charge >= 0.3 is 5.97 Å². The number of rotatable bonds is 6. The molecule has 2 aromatic carbocycles. The van der Waals surface area contributed by atoms with Gasteiger partial charge in [-0.05, 0) is 36.6 Å². The Bertz CT molecular complexity index is 656. The zero-order chi connectivity index (χ0) is 16.8. The number of ether oxygens (including phenoxy) is 1. The minimum Gasteiger partial charge on any atom is -0.462 e. The summed E-state index contributed by atoms with van der Waals surface area (Å²) in [6.45, 7) is 3.73. The van der Waals surface area contributed by atoms with Gasteiger partial charge in [-0.2, -0.15) is 0 Å². The highest BCUT2D eigenvalue weighted by Crippen LogP contribution is 2.29. The average Bonchev–Trinajstić information content (AvgIpc) is 2.56. The molecule has 0 aliphatic heterocycles. The van der Waals surface area contributed by atoms with Crippen LogP contribution in [0.4, 0.5) is 0 Å². The third-order valence-corrected chi connectivity index (χ3v) is 4.58. The van der Waals surface area contributed by atoms with Gasteiger partial charge in [0.1, 0.15) is 6.10 Å². The molecule has 23 heavy (non-hydrogen) atoms. The quantitative estimate of drug-likeness (QED) is 0.628. The van der Waals surface area contributed by atoms with Crippen LogP contribution in [0.25, 0.3) is 0 Å². The summed E-state index contributed by atoms with van der Waals surface area (Å²) in [5, 5.41) is 1.08. The van der Waals surface area contributed by atoms with Gasteiger partial charge in [0.15, 0.2) is 0 Å². The van der Waals surface area contributed by atoms with E-state index < -0.39 is 0 Å². The lowest BCUT2D eigenvalue weighted by molar-refractivity contribution is -0.148. The molecule has 0 radical (unpaired) electrons. The van der Waals surface area contributed by atoms with Crippen molar-refractivity contribution in [2.75, 3.05) is 0 Å². The summed E-state index contributed by atoms with van der Waals surface area (Å²) >= 11 is 12.1. The predicted molar refractivity (Wildman–Crippen MR) is 95.2 cm³/mol. The van der Waals surface area contributed by atoms with Crippen molar-refractivity contribution in [3.63, 3.8) is 0 Å². The first kappa shape index (κ1) is 17.8. The molecule has 0 saturated heterocycles. The summed E-state index contributed by atoms with van der Waals surface area (Å²) in [5.41, 5.74) is 2.20. The predicted octanol–water partition coefficient (Wildman–Crippen LogP) is 5.66. The number of benzene rings is 2. The highest BCUT2D eigenvalue weighted by molar-refractivity contribution is 6.42. The number of carbonyl (C=O) groups excluding carboxylic acids is 1. The van der Waals surface area contributed by atoms with Crippen LogP contribution in [0.5, 0.6) is 0 Å². The standard InChI is InChI=1S/C19H20Cl2O2/c1-3-19(22)23-13(2)16(15-7-5-4-6-8-15)11-14-9-10-17(20)18(21)12-14/h4-10,12-13,16H,3,11H2,1-2H3. The maximum absolute atomic E-state index is 11.6. The van der Waals surface area contributed by atoms with E-state index in [1.807, 2.05) is 37.3 Å². The lowest BCUT2D eigenvalue weighted by Gasteiger charge is -2.25. The summed E-state index contributed by atoms with van der Waals surface area (Å²) in [7, 11) is 0. The minimum absolute atomic E-state index is 0.0592. The molecule has 0 N–H and O–H groups in total. The lowest BCUT2D eigenvalue weighted by atomic mass is 9.88. The largest absolute Gasteiger partial charge is 0.462 e. The molecular weight excluding hydrogens is 331 g/mol. The maximum atomic E-state index is 11.6. The molecule has 0 aliphatic carbocycles. The molecule has 0 aliphatic rings. The van der Waals surface area contributed by atoms with Crippen molar-refractivity contribution in [3.8, 4) is 0 Å². The zero-order valence-corrected chi connectivity index (χ0v) is 14.8. The van der Waals surface area contributed by atoms with Crippen molar-refractivity contribution in [3.05, 3.63) is 69.7 Å². The molecule has 2 nitrogen and oxygen atoms in total. The van der Waals surface area contributed by atoms with Crippen molar-refractivity contribution in [1.82, 2.24) is 0 Å². The van der Waals surface area contributed by atoms with Crippen LogP contribution < -0.4 is 0 Å². The second-order valence-corrected chi connectivity index (χ2v) is 6.33. The van der Waals surface area contributed by atoms with Gasteiger partial charge in [0.25, 0.3) is 0 Å². The molecule has 2 unspecified atom stereocenters. The Labute approximate surface area is 147 Å². The Morgan fingerprint density at radius 2 is 1.78 bits per heavy atom. The van der Waals surface area contributed by atoms with E-state index in [0.29, 0.717) is 16.5 Å². The number of hydrogen-bond acceptors (Lipinski definition) is 2. The highest BCUT2D eigenvalue weighted by atomic mass is 35.5. The van der Waals surface area contributed by atoms with Crippen molar-refractivity contribution in [1.29, 1.82) is 0 Å². The van der Waals surface area contributed by atoms with Crippen LogP contribution in [-0.4, -0.2) is 12.1 Å². The van der Waals surface area contributed by atoms with Gasteiger partial charge in [-0.25, -0.2) is 0 Å². The fourth-order valence-electron chi connectivity index (χ4n) is 2.55. The molecule has 2 atom stereocenters. The van der Waals surface area contributed by atoms with Crippen LogP contribution >= 0.6 is 23.2 Å². The number of esters is 1. The van der Waals surface area contributed by atoms with Crippen molar-refractivity contribution in [2.24, 2.45) is 0 Å². The smallest absolute Gasteiger partial charge is 0.305 e. The third kappa shape index (κ3) is 4.98. The van der Waals surface area contributed by atoms with Gasteiger partial charge in [-0.15, -0.1) is 0 Å².